The van der Waals surface area contributed by atoms with Crippen molar-refractivity contribution in [2.75, 3.05) is 5.32 Å². The van der Waals surface area contributed by atoms with Crippen molar-refractivity contribution in [2.24, 2.45) is 7.05 Å². The molecule has 0 bridgehead atoms. The lowest BCUT2D eigenvalue weighted by atomic mass is 10.1. The predicted molar refractivity (Wildman–Crippen MR) is 63.6 cm³/mol. The minimum absolute atomic E-state index is 0.367. The van der Waals surface area contributed by atoms with Gasteiger partial charge >= 0.3 is 5.97 Å². The van der Waals surface area contributed by atoms with Crippen LogP contribution in [0.3, 0.4) is 0 Å². The normalized spacial score (nSPS) is 12.1. The van der Waals surface area contributed by atoms with E-state index in [1.807, 2.05) is 0 Å². The number of rotatable bonds is 4. The first kappa shape index (κ1) is 12.1. The molecule has 0 aliphatic rings. The van der Waals surface area contributed by atoms with Gasteiger partial charge in [0.05, 0.1) is 6.20 Å². The van der Waals surface area contributed by atoms with Gasteiger partial charge in [-0.15, -0.1) is 0 Å². The first-order valence-corrected chi connectivity index (χ1v) is 5.30. The SMILES string of the molecule is Cn1cc(C(Nc2ccc(F)cc2)C(=O)O)cn1. The van der Waals surface area contributed by atoms with Crippen molar-refractivity contribution in [3.63, 3.8) is 0 Å². The molecule has 0 aliphatic carbocycles. The summed E-state index contributed by atoms with van der Waals surface area (Å²) in [6.07, 6.45) is 3.10. The van der Waals surface area contributed by atoms with Crippen LogP contribution in [0.15, 0.2) is 36.7 Å². The number of hydrogen-bond acceptors (Lipinski definition) is 3. The molecule has 1 heterocycles. The third-order valence-electron chi connectivity index (χ3n) is 2.46. The number of aromatic nitrogens is 2. The zero-order valence-electron chi connectivity index (χ0n) is 9.67. The highest BCUT2D eigenvalue weighted by Gasteiger charge is 2.20. The van der Waals surface area contributed by atoms with Crippen LogP contribution in [0.1, 0.15) is 11.6 Å². The van der Waals surface area contributed by atoms with Gasteiger partial charge in [-0.25, -0.2) is 9.18 Å². The topological polar surface area (TPSA) is 67.2 Å². The van der Waals surface area contributed by atoms with Crippen LogP contribution in [-0.4, -0.2) is 20.9 Å². The van der Waals surface area contributed by atoms with Gasteiger partial charge in [0.15, 0.2) is 6.04 Å². The first-order chi connectivity index (χ1) is 8.56. The Bertz CT molecular complexity index is 551. The number of aliphatic carboxylic acids is 1. The summed E-state index contributed by atoms with van der Waals surface area (Å²) in [6.45, 7) is 0. The van der Waals surface area contributed by atoms with E-state index in [-0.39, 0.29) is 5.82 Å². The smallest absolute Gasteiger partial charge is 0.330 e. The van der Waals surface area contributed by atoms with Crippen LogP contribution in [0.4, 0.5) is 10.1 Å². The summed E-state index contributed by atoms with van der Waals surface area (Å²) < 4.78 is 14.3. The molecule has 2 rings (SSSR count). The molecule has 1 unspecified atom stereocenters. The molecule has 0 spiro atoms. The molecule has 2 N–H and O–H groups in total. The second-order valence-corrected chi connectivity index (χ2v) is 3.87. The molecule has 2 aromatic rings. The van der Waals surface area contributed by atoms with Gasteiger partial charge in [-0.3, -0.25) is 4.68 Å². The number of carboxylic acid groups (broad SMARTS) is 1. The summed E-state index contributed by atoms with van der Waals surface area (Å²) in [5, 5.41) is 15.9. The van der Waals surface area contributed by atoms with Gasteiger partial charge in [0.25, 0.3) is 0 Å². The van der Waals surface area contributed by atoms with E-state index in [1.165, 1.54) is 35.1 Å². The fourth-order valence-electron chi connectivity index (χ4n) is 1.59. The maximum absolute atomic E-state index is 12.8. The highest BCUT2D eigenvalue weighted by Crippen LogP contribution is 2.19. The molecule has 1 atom stereocenters. The van der Waals surface area contributed by atoms with Crippen LogP contribution in [0.25, 0.3) is 0 Å². The van der Waals surface area contributed by atoms with Gasteiger partial charge in [-0.1, -0.05) is 0 Å². The molecule has 18 heavy (non-hydrogen) atoms. The van der Waals surface area contributed by atoms with Crippen molar-refractivity contribution in [3.05, 3.63) is 48.0 Å². The molecule has 0 saturated heterocycles. The molecule has 0 radical (unpaired) electrons. The monoisotopic (exact) mass is 249 g/mol. The number of anilines is 1. The lowest BCUT2D eigenvalue weighted by molar-refractivity contribution is -0.138. The number of nitrogens with zero attached hydrogens (tertiary/aromatic N) is 2. The highest BCUT2D eigenvalue weighted by atomic mass is 19.1. The number of benzene rings is 1. The van der Waals surface area contributed by atoms with Crippen molar-refractivity contribution in [2.45, 2.75) is 6.04 Å². The van der Waals surface area contributed by atoms with Gasteiger partial charge in [0.1, 0.15) is 5.82 Å². The molecule has 0 amide bonds. The van der Waals surface area contributed by atoms with Crippen LogP contribution >= 0.6 is 0 Å². The first-order valence-electron chi connectivity index (χ1n) is 5.30. The number of carboxylic acids is 1. The fraction of sp³-hybridized carbons (Fsp3) is 0.167. The van der Waals surface area contributed by atoms with Gasteiger partial charge in [-0.2, -0.15) is 5.10 Å². The van der Waals surface area contributed by atoms with Gasteiger partial charge in [0.2, 0.25) is 0 Å². The number of carbonyl (C=O) groups is 1. The lowest BCUT2D eigenvalue weighted by Crippen LogP contribution is -2.20. The summed E-state index contributed by atoms with van der Waals surface area (Å²) in [7, 11) is 1.71. The van der Waals surface area contributed by atoms with Crippen molar-refractivity contribution >= 4 is 11.7 Å². The molecular weight excluding hydrogens is 237 g/mol. The Morgan fingerprint density at radius 3 is 2.61 bits per heavy atom. The quantitative estimate of drug-likeness (QED) is 0.867. The molecule has 0 saturated carbocycles. The van der Waals surface area contributed by atoms with Crippen LogP contribution in [0.2, 0.25) is 0 Å². The minimum Gasteiger partial charge on any atom is -0.479 e. The van der Waals surface area contributed by atoms with Crippen molar-refractivity contribution in [1.82, 2.24) is 9.78 Å². The maximum atomic E-state index is 12.8. The van der Waals surface area contributed by atoms with Gasteiger partial charge in [-0.05, 0) is 24.3 Å². The van der Waals surface area contributed by atoms with E-state index in [4.69, 9.17) is 0 Å². The van der Waals surface area contributed by atoms with E-state index in [1.54, 1.807) is 13.2 Å². The van der Waals surface area contributed by atoms with E-state index >= 15 is 0 Å². The summed E-state index contributed by atoms with van der Waals surface area (Å²) in [6, 6.07) is 4.60. The summed E-state index contributed by atoms with van der Waals surface area (Å²) in [5.74, 6) is -1.39. The molecule has 0 fully saturated rings. The molecule has 6 heteroatoms. The third-order valence-corrected chi connectivity index (χ3v) is 2.46. The third kappa shape index (κ3) is 2.65. The zero-order chi connectivity index (χ0) is 13.1. The Balaban J connectivity index is 2.22. The van der Waals surface area contributed by atoms with Crippen LogP contribution in [0.5, 0.6) is 0 Å². The number of aryl methyl sites for hydroxylation is 1. The molecule has 1 aromatic carbocycles. The Morgan fingerprint density at radius 1 is 1.44 bits per heavy atom. The van der Waals surface area contributed by atoms with Crippen molar-refractivity contribution in [1.29, 1.82) is 0 Å². The largest absolute Gasteiger partial charge is 0.479 e. The maximum Gasteiger partial charge on any atom is 0.330 e. The van der Waals surface area contributed by atoms with E-state index < -0.39 is 12.0 Å². The van der Waals surface area contributed by atoms with Crippen molar-refractivity contribution < 1.29 is 14.3 Å². The Hall–Kier alpha value is -2.37. The second-order valence-electron chi connectivity index (χ2n) is 3.87. The standard InChI is InChI=1S/C12H12FN3O2/c1-16-7-8(6-14-16)11(12(17)18)15-10-4-2-9(13)3-5-10/h2-7,11,15H,1H3,(H,17,18). The number of nitrogens with one attached hydrogen (secondary N) is 1. The second kappa shape index (κ2) is 4.87. The Morgan fingerprint density at radius 2 is 2.11 bits per heavy atom. The molecular formula is C12H12FN3O2. The van der Waals surface area contributed by atoms with E-state index in [9.17, 15) is 14.3 Å². The zero-order valence-corrected chi connectivity index (χ0v) is 9.67. The molecule has 1 aromatic heterocycles. The summed E-state index contributed by atoms with van der Waals surface area (Å²) >= 11 is 0. The predicted octanol–water partition coefficient (Wildman–Crippen LogP) is 1.80. The van der Waals surface area contributed by atoms with E-state index in [0.29, 0.717) is 11.3 Å². The lowest BCUT2D eigenvalue weighted by Gasteiger charge is -2.14. The summed E-state index contributed by atoms with van der Waals surface area (Å²) in [5.41, 5.74) is 1.07. The van der Waals surface area contributed by atoms with Gasteiger partial charge in [0, 0.05) is 24.5 Å². The minimum atomic E-state index is -1.02. The van der Waals surface area contributed by atoms with Gasteiger partial charge < -0.3 is 10.4 Å². The van der Waals surface area contributed by atoms with E-state index in [0.717, 1.165) is 0 Å². The molecule has 5 nitrogen and oxygen atoms in total. The summed E-state index contributed by atoms with van der Waals surface area (Å²) in [4.78, 5) is 11.2. The highest BCUT2D eigenvalue weighted by molar-refractivity contribution is 5.79. The number of halogens is 1. The Kier molecular flexibility index (Phi) is 3.27. The number of hydrogen-bond donors (Lipinski definition) is 2. The fourth-order valence-corrected chi connectivity index (χ4v) is 1.59. The Labute approximate surface area is 103 Å². The van der Waals surface area contributed by atoms with Crippen LogP contribution in [0, 0.1) is 5.82 Å². The van der Waals surface area contributed by atoms with Crippen molar-refractivity contribution in [3.8, 4) is 0 Å². The average molecular weight is 249 g/mol. The molecule has 94 valence electrons. The van der Waals surface area contributed by atoms with E-state index in [2.05, 4.69) is 10.4 Å². The van der Waals surface area contributed by atoms with Crippen LogP contribution in [-0.2, 0) is 11.8 Å². The van der Waals surface area contributed by atoms with Crippen LogP contribution < -0.4 is 5.32 Å². The average Bonchev–Trinajstić information content (AvgIpc) is 2.74. The molecule has 0 aliphatic heterocycles.